The van der Waals surface area contributed by atoms with Crippen LogP contribution in [0.2, 0.25) is 0 Å². The zero-order valence-electron chi connectivity index (χ0n) is 12.6. The monoisotopic (exact) mass is 300 g/mol. The summed E-state index contributed by atoms with van der Waals surface area (Å²) < 4.78 is 0. The second-order valence-corrected chi connectivity index (χ2v) is 5.71. The first-order valence-corrected chi connectivity index (χ1v) is 7.72. The maximum absolute atomic E-state index is 12.6. The highest BCUT2D eigenvalue weighted by atomic mass is 16.2. The lowest BCUT2D eigenvalue weighted by Gasteiger charge is -2.28. The molecule has 0 spiro atoms. The van der Waals surface area contributed by atoms with E-state index >= 15 is 0 Å². The fourth-order valence-electron chi connectivity index (χ4n) is 3.05. The summed E-state index contributed by atoms with van der Waals surface area (Å²) in [5.41, 5.74) is 4.37. The van der Waals surface area contributed by atoms with E-state index in [9.17, 15) is 4.79 Å². The Morgan fingerprint density at radius 3 is 2.57 bits per heavy atom. The van der Waals surface area contributed by atoms with Gasteiger partial charge in [-0.1, -0.05) is 54.6 Å². The van der Waals surface area contributed by atoms with Gasteiger partial charge in [0.1, 0.15) is 5.82 Å². The van der Waals surface area contributed by atoms with Gasteiger partial charge in [-0.3, -0.25) is 4.79 Å². The van der Waals surface area contributed by atoms with Crippen LogP contribution in [0.5, 0.6) is 0 Å². The van der Waals surface area contributed by atoms with Gasteiger partial charge < -0.3 is 5.32 Å². The topological polar surface area (TPSA) is 42.0 Å². The first kappa shape index (κ1) is 13.7. The third kappa shape index (κ3) is 2.50. The van der Waals surface area contributed by atoms with Gasteiger partial charge in [0, 0.05) is 11.8 Å². The minimum absolute atomic E-state index is 0.0135. The van der Waals surface area contributed by atoms with Crippen molar-refractivity contribution in [3.8, 4) is 11.1 Å². The number of benzene rings is 2. The number of fused-ring (bicyclic) bond motifs is 1. The van der Waals surface area contributed by atoms with Gasteiger partial charge >= 0.3 is 0 Å². The zero-order valence-corrected chi connectivity index (χ0v) is 12.6. The van der Waals surface area contributed by atoms with Crippen LogP contribution in [0.1, 0.15) is 17.0 Å². The predicted octanol–water partition coefficient (Wildman–Crippen LogP) is 4.03. The quantitative estimate of drug-likeness (QED) is 0.793. The number of hydrogen-bond acceptors (Lipinski definition) is 2. The number of rotatable bonds is 3. The Hall–Kier alpha value is -2.94. The molecule has 112 valence electrons. The van der Waals surface area contributed by atoms with E-state index in [1.165, 1.54) is 5.56 Å². The first-order chi connectivity index (χ1) is 11.3. The SMILES string of the molecule is O=C(Nc1ncccc1-c1ccccc1)[C@H]1Cc2ccccc21. The van der Waals surface area contributed by atoms with Crippen molar-refractivity contribution in [2.75, 3.05) is 5.32 Å². The number of aromatic nitrogens is 1. The van der Waals surface area contributed by atoms with Gasteiger partial charge in [0.2, 0.25) is 5.91 Å². The fraction of sp³-hybridized carbons (Fsp3) is 0.100. The van der Waals surface area contributed by atoms with Gasteiger partial charge in [-0.2, -0.15) is 0 Å². The third-order valence-electron chi connectivity index (χ3n) is 4.31. The van der Waals surface area contributed by atoms with Crippen LogP contribution in [0.15, 0.2) is 72.9 Å². The molecule has 1 aliphatic carbocycles. The molecule has 1 aliphatic rings. The van der Waals surface area contributed by atoms with E-state index in [0.29, 0.717) is 5.82 Å². The average molecular weight is 300 g/mol. The molecule has 0 saturated carbocycles. The molecule has 4 rings (SSSR count). The van der Waals surface area contributed by atoms with E-state index in [1.54, 1.807) is 6.20 Å². The summed E-state index contributed by atoms with van der Waals surface area (Å²) in [6, 6.07) is 21.9. The van der Waals surface area contributed by atoms with Crippen LogP contribution in [-0.4, -0.2) is 10.9 Å². The van der Waals surface area contributed by atoms with Gasteiger partial charge in [-0.05, 0) is 35.2 Å². The average Bonchev–Trinajstić information content (AvgIpc) is 2.57. The summed E-state index contributed by atoms with van der Waals surface area (Å²) in [7, 11) is 0. The van der Waals surface area contributed by atoms with Crippen LogP contribution >= 0.6 is 0 Å². The Kier molecular flexibility index (Phi) is 3.39. The van der Waals surface area contributed by atoms with Crippen LogP contribution in [0.3, 0.4) is 0 Å². The predicted molar refractivity (Wildman–Crippen MR) is 91.2 cm³/mol. The summed E-state index contributed by atoms with van der Waals surface area (Å²) in [5.74, 6) is 0.560. The van der Waals surface area contributed by atoms with Gasteiger partial charge in [0.15, 0.2) is 0 Å². The van der Waals surface area contributed by atoms with Gasteiger partial charge in [-0.15, -0.1) is 0 Å². The van der Waals surface area contributed by atoms with Crippen molar-refractivity contribution in [1.29, 1.82) is 0 Å². The van der Waals surface area contributed by atoms with Crippen LogP contribution in [0, 0.1) is 0 Å². The summed E-state index contributed by atoms with van der Waals surface area (Å²) in [6.45, 7) is 0. The minimum atomic E-state index is -0.0724. The Labute approximate surface area is 135 Å². The highest BCUT2D eigenvalue weighted by molar-refractivity contribution is 5.99. The number of nitrogens with zero attached hydrogens (tertiary/aromatic N) is 1. The number of carbonyl (C=O) groups is 1. The zero-order chi connectivity index (χ0) is 15.6. The maximum atomic E-state index is 12.6. The van der Waals surface area contributed by atoms with Crippen molar-refractivity contribution < 1.29 is 4.79 Å². The van der Waals surface area contributed by atoms with Crippen molar-refractivity contribution in [3.63, 3.8) is 0 Å². The van der Waals surface area contributed by atoms with Crippen molar-refractivity contribution >= 4 is 11.7 Å². The molecule has 0 unspecified atom stereocenters. The molecular formula is C20H16N2O. The molecule has 2 aromatic carbocycles. The van der Waals surface area contributed by atoms with Crippen LogP contribution < -0.4 is 5.32 Å². The number of carbonyl (C=O) groups excluding carboxylic acids is 1. The second-order valence-electron chi connectivity index (χ2n) is 5.71. The van der Waals surface area contributed by atoms with Gasteiger partial charge in [0.25, 0.3) is 0 Å². The summed E-state index contributed by atoms with van der Waals surface area (Å²) in [4.78, 5) is 16.9. The Balaban J connectivity index is 1.60. The van der Waals surface area contributed by atoms with E-state index in [4.69, 9.17) is 0 Å². The Morgan fingerprint density at radius 2 is 1.74 bits per heavy atom. The molecule has 3 nitrogen and oxygen atoms in total. The summed E-state index contributed by atoms with van der Waals surface area (Å²) in [5, 5.41) is 3.00. The van der Waals surface area contributed by atoms with Gasteiger partial charge in [0.05, 0.1) is 5.92 Å². The lowest BCUT2D eigenvalue weighted by atomic mass is 9.77. The molecule has 1 N–H and O–H groups in total. The van der Waals surface area contributed by atoms with E-state index in [2.05, 4.69) is 16.4 Å². The molecule has 23 heavy (non-hydrogen) atoms. The van der Waals surface area contributed by atoms with Crippen molar-refractivity contribution in [2.24, 2.45) is 0 Å². The summed E-state index contributed by atoms with van der Waals surface area (Å²) >= 11 is 0. The second kappa shape index (κ2) is 5.69. The van der Waals surface area contributed by atoms with Crippen LogP contribution in [0.25, 0.3) is 11.1 Å². The molecule has 3 aromatic rings. The number of pyridine rings is 1. The number of nitrogens with one attached hydrogen (secondary N) is 1. The molecule has 1 heterocycles. The van der Waals surface area contributed by atoms with Crippen molar-refractivity contribution in [3.05, 3.63) is 84.1 Å². The number of amides is 1. The molecule has 1 amide bonds. The molecule has 0 bridgehead atoms. The smallest absolute Gasteiger partial charge is 0.233 e. The van der Waals surface area contributed by atoms with Gasteiger partial charge in [-0.25, -0.2) is 4.98 Å². The highest BCUT2D eigenvalue weighted by Gasteiger charge is 2.32. The van der Waals surface area contributed by atoms with Crippen LogP contribution in [-0.2, 0) is 11.2 Å². The molecule has 1 aromatic heterocycles. The van der Waals surface area contributed by atoms with Crippen molar-refractivity contribution in [2.45, 2.75) is 12.3 Å². The first-order valence-electron chi connectivity index (χ1n) is 7.72. The molecule has 0 aliphatic heterocycles. The van der Waals surface area contributed by atoms with E-state index in [0.717, 1.165) is 23.1 Å². The normalized spacial score (nSPS) is 15.4. The molecule has 1 atom stereocenters. The maximum Gasteiger partial charge on any atom is 0.233 e. The molecule has 0 saturated heterocycles. The van der Waals surface area contributed by atoms with Crippen LogP contribution in [0.4, 0.5) is 5.82 Å². The highest BCUT2D eigenvalue weighted by Crippen LogP contribution is 2.36. The number of hydrogen-bond donors (Lipinski definition) is 1. The standard InChI is InChI=1S/C20H16N2O/c23-20(18-13-15-9-4-5-10-16(15)18)22-19-17(11-6-12-21-19)14-7-2-1-3-8-14/h1-12,18H,13H2,(H,21,22,23)/t18-/m0/s1. The molecule has 0 fully saturated rings. The summed E-state index contributed by atoms with van der Waals surface area (Å²) in [6.07, 6.45) is 2.51. The van der Waals surface area contributed by atoms with E-state index < -0.39 is 0 Å². The fourth-order valence-corrected chi connectivity index (χ4v) is 3.05. The van der Waals surface area contributed by atoms with Crippen molar-refractivity contribution in [1.82, 2.24) is 4.98 Å². The number of anilines is 1. The lowest BCUT2D eigenvalue weighted by molar-refractivity contribution is -0.118. The molecule has 3 heteroatoms. The molecular weight excluding hydrogens is 284 g/mol. The molecule has 0 radical (unpaired) electrons. The van der Waals surface area contributed by atoms with E-state index in [-0.39, 0.29) is 11.8 Å². The largest absolute Gasteiger partial charge is 0.310 e. The lowest BCUT2D eigenvalue weighted by Crippen LogP contribution is -2.30. The minimum Gasteiger partial charge on any atom is -0.310 e. The Bertz CT molecular complexity index is 858. The van der Waals surface area contributed by atoms with E-state index in [1.807, 2.05) is 60.7 Å². The Morgan fingerprint density at radius 1 is 0.957 bits per heavy atom. The third-order valence-corrected chi connectivity index (χ3v) is 4.31.